The molecule has 0 aromatic carbocycles. The molecule has 0 spiro atoms. The number of carboxylic acids is 2. The summed E-state index contributed by atoms with van der Waals surface area (Å²) in [6.07, 6.45) is 2.15. The number of nitrogens with two attached hydrogens (primary N) is 1. The Morgan fingerprint density at radius 1 is 1.07 bits per heavy atom. The van der Waals surface area contributed by atoms with Gasteiger partial charge < -0.3 is 42.0 Å². The highest BCUT2D eigenvalue weighted by Gasteiger charge is 2.29. The van der Waals surface area contributed by atoms with Gasteiger partial charge in [-0.3, -0.25) is 19.2 Å². The monoisotopic (exact) mass is 428 g/mol. The van der Waals surface area contributed by atoms with Crippen molar-refractivity contribution in [3.8, 4) is 0 Å². The van der Waals surface area contributed by atoms with Crippen molar-refractivity contribution in [3.63, 3.8) is 0 Å². The van der Waals surface area contributed by atoms with Gasteiger partial charge in [-0.15, -0.1) is 0 Å². The number of imidazole rings is 1. The van der Waals surface area contributed by atoms with Gasteiger partial charge in [-0.1, -0.05) is 0 Å². The fourth-order valence-electron chi connectivity index (χ4n) is 2.25. The first kappa shape index (κ1) is 24.5. The lowest BCUT2D eigenvalue weighted by molar-refractivity contribution is -0.147. The van der Waals surface area contributed by atoms with Gasteiger partial charge in [0.05, 0.1) is 25.4 Å². The minimum Gasteiger partial charge on any atom is -0.481 e. The number of nitrogens with zero attached hydrogens (tertiary/aromatic N) is 1. The van der Waals surface area contributed by atoms with E-state index in [1.54, 1.807) is 0 Å². The summed E-state index contributed by atoms with van der Waals surface area (Å²) in [4.78, 5) is 64.6. The zero-order valence-corrected chi connectivity index (χ0v) is 16.0. The molecule has 0 aliphatic carbocycles. The molecule has 0 aliphatic heterocycles. The third-order valence-electron chi connectivity index (χ3n) is 3.89. The zero-order valence-electron chi connectivity index (χ0n) is 16.0. The Balaban J connectivity index is 2.61. The molecule has 0 saturated carbocycles. The topological polar surface area (TPSA) is 237 Å². The average molecular weight is 428 g/mol. The number of hydrogen-bond donors (Lipinski definition) is 8. The van der Waals surface area contributed by atoms with Crippen LogP contribution in [0.3, 0.4) is 0 Å². The first-order valence-electron chi connectivity index (χ1n) is 8.74. The molecule has 14 nitrogen and oxygen atoms in total. The summed E-state index contributed by atoms with van der Waals surface area (Å²) in [5, 5.41) is 33.3. The van der Waals surface area contributed by atoms with E-state index in [0.29, 0.717) is 5.69 Å². The van der Waals surface area contributed by atoms with Gasteiger partial charge in [-0.05, 0) is 6.92 Å². The first-order chi connectivity index (χ1) is 14.0. The highest BCUT2D eigenvalue weighted by atomic mass is 16.4. The molecule has 1 aromatic rings. The molecule has 0 fully saturated rings. The summed E-state index contributed by atoms with van der Waals surface area (Å²) in [6, 6.07) is -5.43. The van der Waals surface area contributed by atoms with E-state index in [1.165, 1.54) is 19.4 Å². The predicted octanol–water partition coefficient (Wildman–Crippen LogP) is -3.69. The van der Waals surface area contributed by atoms with Gasteiger partial charge in [0.15, 0.2) is 0 Å². The quantitative estimate of drug-likeness (QED) is 0.162. The zero-order chi connectivity index (χ0) is 22.8. The lowest BCUT2D eigenvalue weighted by Crippen LogP contribution is -2.57. The second-order valence-corrected chi connectivity index (χ2v) is 6.36. The summed E-state index contributed by atoms with van der Waals surface area (Å²) >= 11 is 0. The fourth-order valence-corrected chi connectivity index (χ4v) is 2.25. The predicted molar refractivity (Wildman–Crippen MR) is 98.7 cm³/mol. The SMILES string of the molecule is CC(NC(=O)C(N)Cc1cnc[nH]1)C(=O)NC(CO)C(=O)NC(CC(=O)O)C(=O)O. The minimum atomic E-state index is -1.75. The van der Waals surface area contributed by atoms with Crippen molar-refractivity contribution in [2.75, 3.05) is 6.61 Å². The van der Waals surface area contributed by atoms with Gasteiger partial charge in [0.2, 0.25) is 17.7 Å². The largest absolute Gasteiger partial charge is 0.481 e. The number of hydrogen-bond acceptors (Lipinski definition) is 8. The lowest BCUT2D eigenvalue weighted by Gasteiger charge is -2.22. The number of carboxylic acid groups (broad SMARTS) is 2. The molecule has 30 heavy (non-hydrogen) atoms. The summed E-state index contributed by atoms with van der Waals surface area (Å²) in [6.45, 7) is 0.421. The molecular formula is C16H24N6O8. The number of aliphatic hydroxyl groups is 1. The molecule has 9 N–H and O–H groups in total. The summed E-state index contributed by atoms with van der Waals surface area (Å²) in [5.74, 6) is -5.66. The number of aliphatic carboxylic acids is 2. The van der Waals surface area contributed by atoms with E-state index in [0.717, 1.165) is 0 Å². The first-order valence-corrected chi connectivity index (χ1v) is 8.74. The summed E-state index contributed by atoms with van der Waals surface area (Å²) in [7, 11) is 0. The number of carbonyl (C=O) groups is 5. The van der Waals surface area contributed by atoms with Crippen molar-refractivity contribution in [2.45, 2.75) is 43.9 Å². The normalized spacial score (nSPS) is 14.6. The standard InChI is InChI=1S/C16H24N6O8/c1-7(20-14(27)9(17)2-8-4-18-6-19-8)13(26)22-11(5-23)15(28)21-10(16(29)30)3-12(24)25/h4,6-7,9-11,23H,2-3,5,17H2,1H3,(H,18,19)(H,20,27)(H,21,28)(H,22,26)(H,24,25)(H,29,30). The number of carbonyl (C=O) groups excluding carboxylic acids is 3. The van der Waals surface area contributed by atoms with Gasteiger partial charge >= 0.3 is 11.9 Å². The van der Waals surface area contributed by atoms with Crippen LogP contribution in [0.4, 0.5) is 0 Å². The van der Waals surface area contributed by atoms with Crippen molar-refractivity contribution in [2.24, 2.45) is 5.73 Å². The minimum absolute atomic E-state index is 0.141. The molecule has 4 atom stereocenters. The number of H-pyrrole nitrogens is 1. The number of aromatic amines is 1. The van der Waals surface area contributed by atoms with E-state index < -0.39 is 66.9 Å². The fraction of sp³-hybridized carbons (Fsp3) is 0.500. The van der Waals surface area contributed by atoms with E-state index >= 15 is 0 Å². The molecule has 1 heterocycles. The summed E-state index contributed by atoms with van der Waals surface area (Å²) < 4.78 is 0. The molecule has 166 valence electrons. The van der Waals surface area contributed by atoms with E-state index in [-0.39, 0.29) is 6.42 Å². The van der Waals surface area contributed by atoms with Crippen molar-refractivity contribution >= 4 is 29.7 Å². The highest BCUT2D eigenvalue weighted by Crippen LogP contribution is 1.98. The lowest BCUT2D eigenvalue weighted by atomic mass is 10.1. The summed E-state index contributed by atoms with van der Waals surface area (Å²) in [5.41, 5.74) is 6.37. The van der Waals surface area contributed by atoms with Crippen LogP contribution >= 0.6 is 0 Å². The van der Waals surface area contributed by atoms with Crippen LogP contribution in [0.5, 0.6) is 0 Å². The van der Waals surface area contributed by atoms with Crippen molar-refractivity contribution in [1.82, 2.24) is 25.9 Å². The average Bonchev–Trinajstić information content (AvgIpc) is 3.17. The van der Waals surface area contributed by atoms with Crippen LogP contribution in [0.25, 0.3) is 0 Å². The molecule has 14 heteroatoms. The molecule has 3 amide bonds. The van der Waals surface area contributed by atoms with E-state index in [1.807, 2.05) is 5.32 Å². The number of rotatable bonds is 12. The Hall–Kier alpha value is -3.52. The van der Waals surface area contributed by atoms with E-state index in [4.69, 9.17) is 15.9 Å². The number of aromatic nitrogens is 2. The van der Waals surface area contributed by atoms with Crippen LogP contribution in [-0.2, 0) is 30.4 Å². The molecule has 0 saturated heterocycles. The van der Waals surface area contributed by atoms with E-state index in [2.05, 4.69) is 20.6 Å². The maximum absolute atomic E-state index is 12.2. The Bertz CT molecular complexity index is 768. The highest BCUT2D eigenvalue weighted by molar-refractivity contribution is 5.94. The van der Waals surface area contributed by atoms with Crippen LogP contribution in [0.15, 0.2) is 12.5 Å². The number of aliphatic hydroxyl groups excluding tert-OH is 1. The van der Waals surface area contributed by atoms with Crippen LogP contribution < -0.4 is 21.7 Å². The van der Waals surface area contributed by atoms with Gasteiger partial charge in [-0.2, -0.15) is 0 Å². The van der Waals surface area contributed by atoms with Crippen LogP contribution in [-0.4, -0.2) is 85.7 Å². The van der Waals surface area contributed by atoms with Gasteiger partial charge in [0.25, 0.3) is 0 Å². The Morgan fingerprint density at radius 2 is 1.70 bits per heavy atom. The van der Waals surface area contributed by atoms with Gasteiger partial charge in [-0.25, -0.2) is 9.78 Å². The molecular weight excluding hydrogens is 404 g/mol. The molecule has 1 rings (SSSR count). The maximum Gasteiger partial charge on any atom is 0.326 e. The molecule has 0 bridgehead atoms. The third kappa shape index (κ3) is 7.84. The van der Waals surface area contributed by atoms with Gasteiger partial charge in [0.1, 0.15) is 18.1 Å². The van der Waals surface area contributed by atoms with Crippen molar-refractivity contribution in [1.29, 1.82) is 0 Å². The maximum atomic E-state index is 12.2. The number of nitrogens with one attached hydrogen (secondary N) is 4. The van der Waals surface area contributed by atoms with E-state index in [9.17, 15) is 29.1 Å². The molecule has 0 radical (unpaired) electrons. The smallest absolute Gasteiger partial charge is 0.326 e. The Labute approximate surface area is 170 Å². The second-order valence-electron chi connectivity index (χ2n) is 6.36. The Morgan fingerprint density at radius 3 is 2.20 bits per heavy atom. The Kier molecular flexibility index (Phi) is 9.38. The van der Waals surface area contributed by atoms with Crippen LogP contribution in [0.2, 0.25) is 0 Å². The number of amides is 3. The van der Waals surface area contributed by atoms with Crippen molar-refractivity contribution < 1.29 is 39.3 Å². The van der Waals surface area contributed by atoms with Gasteiger partial charge in [0, 0.05) is 18.3 Å². The van der Waals surface area contributed by atoms with Crippen LogP contribution in [0, 0.1) is 0 Å². The molecule has 1 aromatic heterocycles. The third-order valence-corrected chi connectivity index (χ3v) is 3.89. The molecule has 4 unspecified atom stereocenters. The van der Waals surface area contributed by atoms with Crippen molar-refractivity contribution in [3.05, 3.63) is 18.2 Å². The second kappa shape index (κ2) is 11.5. The molecule has 0 aliphatic rings. The van der Waals surface area contributed by atoms with Crippen LogP contribution in [0.1, 0.15) is 19.0 Å².